The summed E-state index contributed by atoms with van der Waals surface area (Å²) in [5, 5.41) is 0. The third-order valence-corrected chi connectivity index (χ3v) is 5.51. The van der Waals surface area contributed by atoms with Gasteiger partial charge in [-0.15, -0.1) is 0 Å². The summed E-state index contributed by atoms with van der Waals surface area (Å²) in [4.78, 5) is 0. The van der Waals surface area contributed by atoms with Crippen molar-refractivity contribution in [2.45, 2.75) is 51.1 Å². The molecular weight excluding hydrogens is 292 g/mol. The van der Waals surface area contributed by atoms with Crippen LogP contribution < -0.4 is 0 Å². The molecule has 3 unspecified atom stereocenters. The molecule has 0 nitrogen and oxygen atoms in total. The molecule has 1 aromatic carbocycles. The summed E-state index contributed by atoms with van der Waals surface area (Å²) in [5.74, 6) is -0.566. The summed E-state index contributed by atoms with van der Waals surface area (Å²) in [6.07, 6.45) is 1.57. The third kappa shape index (κ3) is 2.37. The number of halogens is 4. The molecular formula is C18H20F4. The summed E-state index contributed by atoms with van der Waals surface area (Å²) < 4.78 is 52.6. The Morgan fingerprint density at radius 1 is 1.23 bits per heavy atom. The fraction of sp³-hybridized carbons (Fsp3) is 0.556. The van der Waals surface area contributed by atoms with Crippen molar-refractivity contribution in [3.8, 4) is 0 Å². The summed E-state index contributed by atoms with van der Waals surface area (Å²) in [6, 6.07) is 3.57. The summed E-state index contributed by atoms with van der Waals surface area (Å²) in [7, 11) is 0. The Morgan fingerprint density at radius 3 is 2.45 bits per heavy atom. The smallest absolute Gasteiger partial charge is 0.206 e. The third-order valence-electron chi connectivity index (χ3n) is 5.51. The van der Waals surface area contributed by atoms with E-state index in [4.69, 9.17) is 0 Å². The van der Waals surface area contributed by atoms with Crippen molar-refractivity contribution in [3.05, 3.63) is 46.8 Å². The van der Waals surface area contributed by atoms with Crippen molar-refractivity contribution in [1.82, 2.24) is 0 Å². The van der Waals surface area contributed by atoms with Crippen molar-refractivity contribution in [1.29, 1.82) is 0 Å². The Kier molecular flexibility index (Phi) is 3.61. The Morgan fingerprint density at radius 2 is 1.91 bits per heavy atom. The lowest BCUT2D eigenvalue weighted by Gasteiger charge is -2.32. The number of benzene rings is 1. The van der Waals surface area contributed by atoms with Crippen LogP contribution in [0, 0.1) is 17.7 Å². The molecule has 0 spiro atoms. The first-order valence-corrected chi connectivity index (χ1v) is 7.80. The van der Waals surface area contributed by atoms with Gasteiger partial charge >= 0.3 is 6.18 Å². The van der Waals surface area contributed by atoms with Crippen LogP contribution in [0.25, 0.3) is 0 Å². The van der Waals surface area contributed by atoms with Gasteiger partial charge in [0.15, 0.2) is 0 Å². The zero-order chi connectivity index (χ0) is 16.1. The zero-order valence-electron chi connectivity index (χ0n) is 12.8. The highest BCUT2D eigenvalue weighted by molar-refractivity contribution is 5.41. The van der Waals surface area contributed by atoms with Crippen LogP contribution in [0.5, 0.6) is 0 Å². The lowest BCUT2D eigenvalue weighted by Crippen LogP contribution is -2.26. The molecule has 0 saturated heterocycles. The molecule has 3 rings (SSSR count). The molecule has 2 aliphatic carbocycles. The number of hydrogen-bond donors (Lipinski definition) is 0. The predicted octanol–water partition coefficient (Wildman–Crippen LogP) is 5.87. The van der Waals surface area contributed by atoms with Gasteiger partial charge in [-0.2, -0.15) is 13.2 Å². The fourth-order valence-corrected chi connectivity index (χ4v) is 4.25. The molecule has 0 heterocycles. The molecule has 4 heteroatoms. The van der Waals surface area contributed by atoms with Gasteiger partial charge in [-0.1, -0.05) is 24.6 Å². The molecule has 1 saturated carbocycles. The van der Waals surface area contributed by atoms with E-state index in [1.807, 2.05) is 0 Å². The van der Waals surface area contributed by atoms with E-state index in [0.717, 1.165) is 37.8 Å². The number of alkyl halides is 3. The van der Waals surface area contributed by atoms with E-state index in [-0.39, 0.29) is 11.3 Å². The lowest BCUT2D eigenvalue weighted by molar-refractivity contribution is -0.140. The van der Waals surface area contributed by atoms with Gasteiger partial charge in [-0.3, -0.25) is 0 Å². The van der Waals surface area contributed by atoms with Gasteiger partial charge in [0, 0.05) is 5.41 Å². The van der Waals surface area contributed by atoms with Gasteiger partial charge in [-0.05, 0) is 62.1 Å². The molecule has 22 heavy (non-hydrogen) atoms. The maximum absolute atomic E-state index is 13.6. The molecule has 2 aliphatic rings. The highest BCUT2D eigenvalue weighted by Crippen LogP contribution is 2.62. The Hall–Kier alpha value is -1.32. The van der Waals surface area contributed by atoms with Crippen LogP contribution in [0.2, 0.25) is 0 Å². The van der Waals surface area contributed by atoms with Gasteiger partial charge in [0.1, 0.15) is 5.82 Å². The first kappa shape index (κ1) is 15.6. The maximum atomic E-state index is 13.6. The molecule has 0 bridgehead atoms. The predicted molar refractivity (Wildman–Crippen MR) is 78.0 cm³/mol. The minimum Gasteiger partial charge on any atom is -0.206 e. The minimum absolute atomic E-state index is 0.241. The average molecular weight is 312 g/mol. The van der Waals surface area contributed by atoms with Crippen LogP contribution in [0.3, 0.4) is 0 Å². The molecule has 120 valence electrons. The van der Waals surface area contributed by atoms with E-state index < -0.39 is 17.6 Å². The van der Waals surface area contributed by atoms with Crippen LogP contribution >= 0.6 is 0 Å². The highest BCUT2D eigenvalue weighted by Gasteiger charge is 2.58. The number of allylic oxidation sites excluding steroid dienone is 2. The summed E-state index contributed by atoms with van der Waals surface area (Å²) in [6.45, 7) is 4.16. The Labute approximate surface area is 128 Å². The van der Waals surface area contributed by atoms with Crippen molar-refractivity contribution in [2.75, 3.05) is 0 Å². The number of hydrogen-bond acceptors (Lipinski definition) is 0. The SMILES string of the molecule is CC1=CCCCC1C1(c2ccc(F)c(C(F)(F)F)c2)CC1C. The van der Waals surface area contributed by atoms with Crippen molar-refractivity contribution in [3.63, 3.8) is 0 Å². The van der Waals surface area contributed by atoms with Crippen molar-refractivity contribution in [2.24, 2.45) is 11.8 Å². The second-order valence-electron chi connectivity index (χ2n) is 6.77. The fourth-order valence-electron chi connectivity index (χ4n) is 4.25. The summed E-state index contributed by atoms with van der Waals surface area (Å²) >= 11 is 0. The number of rotatable bonds is 2. The molecule has 1 aromatic rings. The van der Waals surface area contributed by atoms with E-state index in [9.17, 15) is 17.6 Å². The monoisotopic (exact) mass is 312 g/mol. The van der Waals surface area contributed by atoms with Crippen LogP contribution in [0.15, 0.2) is 29.8 Å². The zero-order valence-corrected chi connectivity index (χ0v) is 12.8. The molecule has 0 aromatic heterocycles. The normalized spacial score (nSPS) is 31.8. The quantitative estimate of drug-likeness (QED) is 0.473. The van der Waals surface area contributed by atoms with Gasteiger partial charge in [0.25, 0.3) is 0 Å². The van der Waals surface area contributed by atoms with E-state index in [0.29, 0.717) is 11.5 Å². The maximum Gasteiger partial charge on any atom is 0.419 e. The minimum atomic E-state index is -4.64. The standard InChI is InChI=1S/C18H20F4/c1-11-5-3-4-6-14(11)17(10-12(17)2)13-7-8-16(19)15(9-13)18(20,21)22/h5,7-9,12,14H,3-4,6,10H2,1-2H3. The Balaban J connectivity index is 2.05. The molecule has 1 fully saturated rings. The highest BCUT2D eigenvalue weighted by atomic mass is 19.4. The van der Waals surface area contributed by atoms with Gasteiger partial charge < -0.3 is 0 Å². The lowest BCUT2D eigenvalue weighted by atomic mass is 9.72. The van der Waals surface area contributed by atoms with Crippen molar-refractivity contribution >= 4 is 0 Å². The topological polar surface area (TPSA) is 0 Å². The second-order valence-corrected chi connectivity index (χ2v) is 6.77. The first-order valence-electron chi connectivity index (χ1n) is 7.80. The van der Waals surface area contributed by atoms with Gasteiger partial charge in [0.2, 0.25) is 0 Å². The molecule has 0 N–H and O–H groups in total. The molecule has 0 aliphatic heterocycles. The largest absolute Gasteiger partial charge is 0.419 e. The van der Waals surface area contributed by atoms with Crippen LogP contribution in [0.1, 0.15) is 50.7 Å². The van der Waals surface area contributed by atoms with Crippen LogP contribution in [0.4, 0.5) is 17.6 Å². The van der Waals surface area contributed by atoms with E-state index in [1.54, 1.807) is 6.07 Å². The first-order chi connectivity index (χ1) is 10.3. The molecule has 0 amide bonds. The summed E-state index contributed by atoms with van der Waals surface area (Å²) in [5.41, 5.74) is 0.539. The Bertz CT molecular complexity index is 614. The van der Waals surface area contributed by atoms with Gasteiger partial charge in [0.05, 0.1) is 5.56 Å². The second kappa shape index (κ2) is 5.10. The van der Waals surface area contributed by atoms with Crippen molar-refractivity contribution < 1.29 is 17.6 Å². The average Bonchev–Trinajstić information content (AvgIpc) is 3.11. The van der Waals surface area contributed by atoms with E-state index in [1.165, 1.54) is 5.57 Å². The van der Waals surface area contributed by atoms with E-state index >= 15 is 0 Å². The van der Waals surface area contributed by atoms with Crippen LogP contribution in [-0.2, 0) is 11.6 Å². The van der Waals surface area contributed by atoms with E-state index in [2.05, 4.69) is 19.9 Å². The molecule has 0 radical (unpaired) electrons. The van der Waals surface area contributed by atoms with Crippen LogP contribution in [-0.4, -0.2) is 0 Å². The molecule has 3 atom stereocenters. The van der Waals surface area contributed by atoms with Gasteiger partial charge in [-0.25, -0.2) is 4.39 Å².